The van der Waals surface area contributed by atoms with Gasteiger partial charge >= 0.3 is 0 Å². The van der Waals surface area contributed by atoms with Gasteiger partial charge in [0.05, 0.1) is 0 Å². The lowest BCUT2D eigenvalue weighted by Gasteiger charge is -2.20. The predicted octanol–water partition coefficient (Wildman–Crippen LogP) is 4.12. The van der Waals surface area contributed by atoms with E-state index in [0.29, 0.717) is 21.8 Å². The Hall–Kier alpha value is -2.33. The molecule has 0 saturated heterocycles. The van der Waals surface area contributed by atoms with Gasteiger partial charge in [-0.05, 0) is 63.2 Å². The molecule has 0 aliphatic rings. The molecule has 5 heteroatoms. The topological polar surface area (TPSA) is 58.2 Å². The second kappa shape index (κ2) is 6.84. The van der Waals surface area contributed by atoms with Gasteiger partial charge in [-0.25, -0.2) is 0 Å². The first-order chi connectivity index (χ1) is 10.7. The van der Waals surface area contributed by atoms with Crippen molar-refractivity contribution in [2.75, 3.05) is 5.32 Å². The van der Waals surface area contributed by atoms with Crippen molar-refractivity contribution >= 4 is 29.1 Å². The first-order valence-electron chi connectivity index (χ1n) is 7.24. The van der Waals surface area contributed by atoms with E-state index in [4.69, 9.17) is 11.6 Å². The van der Waals surface area contributed by atoms with Crippen LogP contribution in [0, 0.1) is 0 Å². The zero-order chi connectivity index (χ0) is 17.0. The van der Waals surface area contributed by atoms with E-state index in [0.717, 1.165) is 0 Å². The van der Waals surface area contributed by atoms with Crippen LogP contribution in [0.1, 0.15) is 41.5 Å². The highest BCUT2D eigenvalue weighted by Crippen LogP contribution is 2.15. The van der Waals surface area contributed by atoms with E-state index in [1.54, 1.807) is 48.5 Å². The fraction of sp³-hybridized carbons (Fsp3) is 0.222. The monoisotopic (exact) mass is 330 g/mol. The maximum atomic E-state index is 12.1. The van der Waals surface area contributed by atoms with Crippen LogP contribution in [0.3, 0.4) is 0 Å². The van der Waals surface area contributed by atoms with Gasteiger partial charge in [0, 0.05) is 27.4 Å². The Labute approximate surface area is 140 Å². The van der Waals surface area contributed by atoms with Crippen LogP contribution in [0.4, 0.5) is 5.69 Å². The third-order valence-electron chi connectivity index (χ3n) is 2.98. The molecule has 4 nitrogen and oxygen atoms in total. The molecule has 0 aliphatic heterocycles. The van der Waals surface area contributed by atoms with Crippen molar-refractivity contribution < 1.29 is 9.59 Å². The molecule has 2 N–H and O–H groups in total. The van der Waals surface area contributed by atoms with E-state index in [1.807, 2.05) is 20.8 Å². The van der Waals surface area contributed by atoms with Gasteiger partial charge in [-0.1, -0.05) is 17.7 Å². The summed E-state index contributed by atoms with van der Waals surface area (Å²) in [7, 11) is 0. The minimum Gasteiger partial charge on any atom is -0.347 e. The van der Waals surface area contributed by atoms with Crippen molar-refractivity contribution in [3.63, 3.8) is 0 Å². The average Bonchev–Trinajstić information content (AvgIpc) is 2.46. The maximum absolute atomic E-state index is 12.1. The van der Waals surface area contributed by atoms with Gasteiger partial charge in [-0.2, -0.15) is 0 Å². The fourth-order valence-corrected chi connectivity index (χ4v) is 2.14. The first-order valence-corrected chi connectivity index (χ1v) is 7.62. The van der Waals surface area contributed by atoms with Crippen LogP contribution < -0.4 is 10.6 Å². The number of amides is 2. The minimum absolute atomic E-state index is 0.148. The molecule has 0 heterocycles. The van der Waals surface area contributed by atoms with Crippen molar-refractivity contribution in [2.45, 2.75) is 26.3 Å². The summed E-state index contributed by atoms with van der Waals surface area (Å²) in [6.45, 7) is 5.76. The first kappa shape index (κ1) is 17.0. The number of nitrogens with one attached hydrogen (secondary N) is 2. The molecule has 2 aromatic carbocycles. The average molecular weight is 331 g/mol. The molecule has 120 valence electrons. The van der Waals surface area contributed by atoms with Crippen LogP contribution in [0.5, 0.6) is 0 Å². The molecular weight excluding hydrogens is 312 g/mol. The SMILES string of the molecule is CC(C)(C)NC(=O)c1ccc(NC(=O)c2cccc(Cl)c2)cc1. The van der Waals surface area contributed by atoms with Gasteiger partial charge in [-0.3, -0.25) is 9.59 Å². The summed E-state index contributed by atoms with van der Waals surface area (Å²) < 4.78 is 0. The largest absolute Gasteiger partial charge is 0.347 e. The summed E-state index contributed by atoms with van der Waals surface area (Å²) in [5, 5.41) is 6.16. The highest BCUT2D eigenvalue weighted by molar-refractivity contribution is 6.31. The lowest BCUT2D eigenvalue weighted by Crippen LogP contribution is -2.40. The summed E-state index contributed by atoms with van der Waals surface area (Å²) in [6.07, 6.45) is 0. The zero-order valence-electron chi connectivity index (χ0n) is 13.3. The van der Waals surface area contributed by atoms with Gasteiger partial charge in [0.15, 0.2) is 0 Å². The molecule has 0 atom stereocenters. The molecule has 2 aromatic rings. The number of rotatable bonds is 3. The third-order valence-corrected chi connectivity index (χ3v) is 3.22. The Morgan fingerprint density at radius 2 is 1.57 bits per heavy atom. The van der Waals surface area contributed by atoms with Gasteiger partial charge in [0.1, 0.15) is 0 Å². The van der Waals surface area contributed by atoms with E-state index in [2.05, 4.69) is 10.6 Å². The molecule has 0 unspecified atom stereocenters. The van der Waals surface area contributed by atoms with Crippen molar-refractivity contribution in [1.29, 1.82) is 0 Å². The maximum Gasteiger partial charge on any atom is 0.255 e. The molecule has 0 aliphatic carbocycles. The molecule has 0 bridgehead atoms. The van der Waals surface area contributed by atoms with Crippen molar-refractivity contribution in [2.24, 2.45) is 0 Å². The van der Waals surface area contributed by atoms with Crippen molar-refractivity contribution in [1.82, 2.24) is 5.32 Å². The van der Waals surface area contributed by atoms with E-state index in [1.165, 1.54) is 0 Å². The Morgan fingerprint density at radius 1 is 0.913 bits per heavy atom. The van der Waals surface area contributed by atoms with Crippen molar-refractivity contribution in [3.8, 4) is 0 Å². The quantitative estimate of drug-likeness (QED) is 0.889. The number of halogens is 1. The summed E-state index contributed by atoms with van der Waals surface area (Å²) in [6, 6.07) is 13.5. The zero-order valence-corrected chi connectivity index (χ0v) is 14.1. The van der Waals surface area contributed by atoms with Crippen LogP contribution in [-0.2, 0) is 0 Å². The standard InChI is InChI=1S/C18H19ClN2O2/c1-18(2,3)21-17(23)12-7-9-15(10-8-12)20-16(22)13-5-4-6-14(19)11-13/h4-11H,1-3H3,(H,20,22)(H,21,23). The summed E-state index contributed by atoms with van der Waals surface area (Å²) >= 11 is 5.88. The smallest absolute Gasteiger partial charge is 0.255 e. The number of carbonyl (C=O) groups is 2. The highest BCUT2D eigenvalue weighted by Gasteiger charge is 2.15. The normalized spacial score (nSPS) is 11.0. The lowest BCUT2D eigenvalue weighted by atomic mass is 10.1. The molecular formula is C18H19ClN2O2. The Morgan fingerprint density at radius 3 is 2.13 bits per heavy atom. The molecule has 0 spiro atoms. The van der Waals surface area contributed by atoms with Crippen LogP contribution in [0.15, 0.2) is 48.5 Å². The molecule has 0 aromatic heterocycles. The molecule has 0 fully saturated rings. The molecule has 2 amide bonds. The minimum atomic E-state index is -0.295. The number of hydrogen-bond donors (Lipinski definition) is 2. The number of anilines is 1. The van der Waals surface area contributed by atoms with Crippen LogP contribution in [0.2, 0.25) is 5.02 Å². The Kier molecular flexibility index (Phi) is 5.06. The number of hydrogen-bond acceptors (Lipinski definition) is 2. The fourth-order valence-electron chi connectivity index (χ4n) is 1.95. The third kappa shape index (κ3) is 5.11. The van der Waals surface area contributed by atoms with Gasteiger partial charge in [0.25, 0.3) is 11.8 Å². The molecule has 0 radical (unpaired) electrons. The van der Waals surface area contributed by atoms with E-state index in [-0.39, 0.29) is 17.4 Å². The van der Waals surface area contributed by atoms with E-state index < -0.39 is 0 Å². The van der Waals surface area contributed by atoms with E-state index >= 15 is 0 Å². The van der Waals surface area contributed by atoms with Gasteiger partial charge in [-0.15, -0.1) is 0 Å². The van der Waals surface area contributed by atoms with Gasteiger partial charge in [0.2, 0.25) is 0 Å². The molecule has 0 saturated carbocycles. The van der Waals surface area contributed by atoms with Crippen molar-refractivity contribution in [3.05, 3.63) is 64.7 Å². The van der Waals surface area contributed by atoms with Crippen LogP contribution >= 0.6 is 11.6 Å². The van der Waals surface area contributed by atoms with Gasteiger partial charge < -0.3 is 10.6 Å². The summed E-state index contributed by atoms with van der Waals surface area (Å²) in [5.74, 6) is -0.399. The molecule has 2 rings (SSSR count). The Balaban J connectivity index is 2.05. The number of carbonyl (C=O) groups excluding carboxylic acids is 2. The van der Waals surface area contributed by atoms with E-state index in [9.17, 15) is 9.59 Å². The van der Waals surface area contributed by atoms with Crippen LogP contribution in [-0.4, -0.2) is 17.4 Å². The molecule has 23 heavy (non-hydrogen) atoms. The summed E-state index contributed by atoms with van der Waals surface area (Å²) in [4.78, 5) is 24.2. The summed E-state index contributed by atoms with van der Waals surface area (Å²) in [5.41, 5.74) is 1.34. The second-order valence-electron chi connectivity index (χ2n) is 6.25. The predicted molar refractivity (Wildman–Crippen MR) is 93.1 cm³/mol. The second-order valence-corrected chi connectivity index (χ2v) is 6.68. The lowest BCUT2D eigenvalue weighted by molar-refractivity contribution is 0.0919. The van der Waals surface area contributed by atoms with Crippen LogP contribution in [0.25, 0.3) is 0 Å². The number of benzene rings is 2. The Bertz CT molecular complexity index is 719. The highest BCUT2D eigenvalue weighted by atomic mass is 35.5.